The summed E-state index contributed by atoms with van der Waals surface area (Å²) >= 11 is 0. The van der Waals surface area contributed by atoms with Gasteiger partial charge in [0.1, 0.15) is 0 Å². The van der Waals surface area contributed by atoms with Crippen LogP contribution in [0.5, 0.6) is 0 Å². The molecule has 1 aliphatic heterocycles. The highest BCUT2D eigenvalue weighted by Crippen LogP contribution is 2.41. The number of ether oxygens (including phenoxy) is 1. The molecule has 1 aliphatic carbocycles. The number of rotatable bonds is 9. The fourth-order valence-electron chi connectivity index (χ4n) is 3.27. The molecule has 3 nitrogen and oxygen atoms in total. The quantitative estimate of drug-likeness (QED) is 0.366. The summed E-state index contributed by atoms with van der Waals surface area (Å²) in [6.45, 7) is 2.15. The molecule has 0 N–H and O–H groups in total. The van der Waals surface area contributed by atoms with Crippen LogP contribution in [-0.4, -0.2) is 35.0 Å². The van der Waals surface area contributed by atoms with Gasteiger partial charge >= 0.3 is 8.56 Å². The molecule has 19 heavy (non-hydrogen) atoms. The van der Waals surface area contributed by atoms with Gasteiger partial charge in [-0.2, -0.15) is 0 Å². The SMILES string of the molecule is CO[Si](C)(CCCCCCC1CCC2OC2C1)OC. The summed E-state index contributed by atoms with van der Waals surface area (Å²) in [5, 5.41) is 0. The summed E-state index contributed by atoms with van der Waals surface area (Å²) in [6.07, 6.45) is 12.1. The predicted molar refractivity (Wildman–Crippen MR) is 79.5 cm³/mol. The fraction of sp³-hybridized carbons (Fsp3) is 1.00. The summed E-state index contributed by atoms with van der Waals surface area (Å²) in [5.74, 6) is 0.946. The van der Waals surface area contributed by atoms with Gasteiger partial charge < -0.3 is 13.6 Å². The van der Waals surface area contributed by atoms with E-state index in [0.717, 1.165) is 12.0 Å². The maximum absolute atomic E-state index is 5.59. The van der Waals surface area contributed by atoms with Crippen molar-refractivity contribution in [1.82, 2.24) is 0 Å². The molecular weight excluding hydrogens is 256 g/mol. The lowest BCUT2D eigenvalue weighted by Crippen LogP contribution is -2.35. The zero-order chi connectivity index (χ0) is 13.7. The summed E-state index contributed by atoms with van der Waals surface area (Å²) in [6, 6.07) is 1.13. The molecule has 3 atom stereocenters. The third-order valence-corrected chi connectivity index (χ3v) is 7.96. The molecule has 112 valence electrons. The molecule has 2 aliphatic rings. The van der Waals surface area contributed by atoms with Crippen LogP contribution < -0.4 is 0 Å². The Labute approximate surface area is 119 Å². The van der Waals surface area contributed by atoms with Crippen molar-refractivity contribution in [2.45, 2.75) is 76.2 Å². The van der Waals surface area contributed by atoms with Crippen LogP contribution in [0.25, 0.3) is 0 Å². The van der Waals surface area contributed by atoms with Crippen LogP contribution in [0.15, 0.2) is 0 Å². The van der Waals surface area contributed by atoms with Crippen LogP contribution in [0.4, 0.5) is 0 Å². The van der Waals surface area contributed by atoms with Gasteiger partial charge in [-0.05, 0) is 37.8 Å². The largest absolute Gasteiger partial charge is 0.398 e. The van der Waals surface area contributed by atoms with Gasteiger partial charge in [-0.3, -0.25) is 0 Å². The first-order valence-corrected chi connectivity index (χ1v) is 10.4. The Morgan fingerprint density at radius 1 is 1.00 bits per heavy atom. The number of hydrogen-bond acceptors (Lipinski definition) is 3. The van der Waals surface area contributed by atoms with Gasteiger partial charge in [0.2, 0.25) is 0 Å². The van der Waals surface area contributed by atoms with Crippen molar-refractivity contribution >= 4 is 8.56 Å². The number of unbranched alkanes of at least 4 members (excludes halogenated alkanes) is 3. The molecule has 0 aromatic heterocycles. The minimum absolute atomic E-state index is 0.647. The molecule has 0 aromatic carbocycles. The van der Waals surface area contributed by atoms with Gasteiger partial charge in [0, 0.05) is 14.2 Å². The van der Waals surface area contributed by atoms with E-state index in [9.17, 15) is 0 Å². The van der Waals surface area contributed by atoms with Crippen LogP contribution >= 0.6 is 0 Å². The third-order valence-electron chi connectivity index (χ3n) is 4.97. The van der Waals surface area contributed by atoms with Crippen LogP contribution in [0.3, 0.4) is 0 Å². The standard InChI is InChI=1S/C15H30O3Si/c1-16-19(3,17-2)11-7-5-4-6-8-13-9-10-14-15(12-13)18-14/h13-15H,4-12H2,1-3H3. The lowest BCUT2D eigenvalue weighted by atomic mass is 9.85. The first-order chi connectivity index (χ1) is 9.17. The maximum atomic E-state index is 5.59. The zero-order valence-electron chi connectivity index (χ0n) is 12.8. The summed E-state index contributed by atoms with van der Waals surface area (Å²) in [4.78, 5) is 0. The molecule has 0 spiro atoms. The van der Waals surface area contributed by atoms with E-state index in [1.165, 1.54) is 51.4 Å². The second kappa shape index (κ2) is 7.20. The molecule has 2 fully saturated rings. The van der Waals surface area contributed by atoms with Gasteiger partial charge in [-0.25, -0.2) is 0 Å². The lowest BCUT2D eigenvalue weighted by molar-refractivity contribution is 0.248. The van der Waals surface area contributed by atoms with Gasteiger partial charge in [-0.15, -0.1) is 0 Å². The molecule has 3 unspecified atom stereocenters. The molecule has 0 bridgehead atoms. The Morgan fingerprint density at radius 3 is 2.42 bits per heavy atom. The molecule has 4 heteroatoms. The molecule has 1 saturated carbocycles. The Balaban J connectivity index is 1.46. The van der Waals surface area contributed by atoms with E-state index in [-0.39, 0.29) is 0 Å². The minimum atomic E-state index is -1.81. The molecule has 0 radical (unpaired) electrons. The molecule has 0 amide bonds. The number of fused-ring (bicyclic) bond motifs is 1. The second-order valence-corrected chi connectivity index (χ2v) is 9.97. The minimum Gasteiger partial charge on any atom is -0.398 e. The van der Waals surface area contributed by atoms with E-state index >= 15 is 0 Å². The van der Waals surface area contributed by atoms with Crippen LogP contribution in [0.2, 0.25) is 12.6 Å². The van der Waals surface area contributed by atoms with Crippen molar-refractivity contribution < 1.29 is 13.6 Å². The molecule has 1 heterocycles. The van der Waals surface area contributed by atoms with E-state index in [1.807, 2.05) is 0 Å². The van der Waals surface area contributed by atoms with Crippen molar-refractivity contribution in [2.24, 2.45) is 5.92 Å². The third kappa shape index (κ3) is 4.85. The molecule has 0 aromatic rings. The van der Waals surface area contributed by atoms with Crippen molar-refractivity contribution in [3.63, 3.8) is 0 Å². The summed E-state index contributed by atoms with van der Waals surface area (Å²) in [5.41, 5.74) is 0. The summed E-state index contributed by atoms with van der Waals surface area (Å²) < 4.78 is 16.6. The Bertz CT molecular complexity index is 268. The lowest BCUT2D eigenvalue weighted by Gasteiger charge is -2.22. The van der Waals surface area contributed by atoms with E-state index in [1.54, 1.807) is 14.2 Å². The van der Waals surface area contributed by atoms with Crippen LogP contribution in [0.1, 0.15) is 51.4 Å². The van der Waals surface area contributed by atoms with E-state index in [0.29, 0.717) is 12.2 Å². The van der Waals surface area contributed by atoms with Gasteiger partial charge in [0.25, 0.3) is 0 Å². The van der Waals surface area contributed by atoms with E-state index < -0.39 is 8.56 Å². The highest BCUT2D eigenvalue weighted by Gasteiger charge is 2.43. The topological polar surface area (TPSA) is 31.0 Å². The Morgan fingerprint density at radius 2 is 1.74 bits per heavy atom. The van der Waals surface area contributed by atoms with Crippen molar-refractivity contribution in [2.75, 3.05) is 14.2 Å². The second-order valence-electron chi connectivity index (χ2n) is 6.39. The zero-order valence-corrected chi connectivity index (χ0v) is 13.8. The number of epoxide rings is 1. The predicted octanol–water partition coefficient (Wildman–Crippen LogP) is 3.87. The van der Waals surface area contributed by atoms with Crippen LogP contribution in [0, 0.1) is 5.92 Å². The average molecular weight is 286 g/mol. The average Bonchev–Trinajstić information content (AvgIpc) is 3.21. The Kier molecular flexibility index (Phi) is 5.87. The maximum Gasteiger partial charge on any atom is 0.334 e. The number of hydrogen-bond donors (Lipinski definition) is 0. The first kappa shape index (κ1) is 15.5. The molecule has 1 saturated heterocycles. The highest BCUT2D eigenvalue weighted by atomic mass is 28.4. The van der Waals surface area contributed by atoms with Crippen molar-refractivity contribution in [3.05, 3.63) is 0 Å². The molecule has 2 rings (SSSR count). The van der Waals surface area contributed by atoms with E-state index in [2.05, 4.69) is 6.55 Å². The van der Waals surface area contributed by atoms with Gasteiger partial charge in [0.05, 0.1) is 12.2 Å². The monoisotopic (exact) mass is 286 g/mol. The smallest absolute Gasteiger partial charge is 0.334 e. The van der Waals surface area contributed by atoms with Crippen LogP contribution in [-0.2, 0) is 13.6 Å². The van der Waals surface area contributed by atoms with Crippen molar-refractivity contribution in [3.8, 4) is 0 Å². The normalized spacial score (nSPS) is 30.2. The van der Waals surface area contributed by atoms with Gasteiger partial charge in [-0.1, -0.05) is 32.1 Å². The highest BCUT2D eigenvalue weighted by molar-refractivity contribution is 6.65. The van der Waals surface area contributed by atoms with Crippen molar-refractivity contribution in [1.29, 1.82) is 0 Å². The molecular formula is C15H30O3Si. The Hall–Kier alpha value is 0.0969. The van der Waals surface area contributed by atoms with E-state index in [4.69, 9.17) is 13.6 Å². The fourth-order valence-corrected chi connectivity index (χ4v) is 4.74. The first-order valence-electron chi connectivity index (χ1n) is 7.92. The summed E-state index contributed by atoms with van der Waals surface area (Å²) in [7, 11) is 1.76. The van der Waals surface area contributed by atoms with Gasteiger partial charge in [0.15, 0.2) is 0 Å².